The van der Waals surface area contributed by atoms with E-state index in [2.05, 4.69) is 11.4 Å². The molecule has 1 aromatic rings. The average Bonchev–Trinajstić information content (AvgIpc) is 2.80. The molecule has 0 aromatic heterocycles. The molecule has 0 radical (unpaired) electrons. The lowest BCUT2D eigenvalue weighted by Crippen LogP contribution is -2.43. The van der Waals surface area contributed by atoms with E-state index in [1.165, 1.54) is 0 Å². The Morgan fingerprint density at radius 2 is 2.21 bits per heavy atom. The van der Waals surface area contributed by atoms with Gasteiger partial charge < -0.3 is 20.7 Å². The first-order valence-corrected chi connectivity index (χ1v) is 7.76. The fourth-order valence-corrected chi connectivity index (χ4v) is 2.50. The summed E-state index contributed by atoms with van der Waals surface area (Å²) in [6.07, 6.45) is -0.0932. The lowest BCUT2D eigenvalue weighted by Gasteiger charge is -2.22. The molecule has 1 aliphatic heterocycles. The first-order chi connectivity index (χ1) is 11.2. The first-order valence-electron chi connectivity index (χ1n) is 7.76. The number of rotatable bonds is 3. The Labute approximate surface area is 141 Å². The molecule has 0 unspecified atom stereocenters. The van der Waals surface area contributed by atoms with Gasteiger partial charge in [-0.05, 0) is 51.0 Å². The molecular formula is C17H22N4O3. The third-order valence-corrected chi connectivity index (χ3v) is 3.62. The van der Waals surface area contributed by atoms with Crippen LogP contribution in [0.5, 0.6) is 0 Å². The number of amides is 2. The molecule has 1 fully saturated rings. The summed E-state index contributed by atoms with van der Waals surface area (Å²) >= 11 is 0. The van der Waals surface area contributed by atoms with Crippen molar-refractivity contribution in [2.75, 3.05) is 12.3 Å². The summed E-state index contributed by atoms with van der Waals surface area (Å²) in [6, 6.07) is 6.43. The molecule has 2 amide bonds. The Morgan fingerprint density at radius 1 is 1.50 bits per heavy atom. The second-order valence-corrected chi connectivity index (χ2v) is 6.77. The van der Waals surface area contributed by atoms with Crippen molar-refractivity contribution >= 4 is 17.7 Å². The maximum Gasteiger partial charge on any atom is 0.408 e. The zero-order valence-corrected chi connectivity index (χ0v) is 14.1. The van der Waals surface area contributed by atoms with Gasteiger partial charge in [-0.25, -0.2) is 4.79 Å². The molecule has 1 aromatic carbocycles. The van der Waals surface area contributed by atoms with Crippen LogP contribution in [-0.2, 0) is 16.1 Å². The van der Waals surface area contributed by atoms with Gasteiger partial charge in [0, 0.05) is 18.8 Å². The number of benzene rings is 1. The summed E-state index contributed by atoms with van der Waals surface area (Å²) in [7, 11) is 0. The van der Waals surface area contributed by atoms with Gasteiger partial charge in [0.25, 0.3) is 0 Å². The van der Waals surface area contributed by atoms with Crippen LogP contribution >= 0.6 is 0 Å². The van der Waals surface area contributed by atoms with Gasteiger partial charge in [-0.15, -0.1) is 0 Å². The molecule has 7 heteroatoms. The molecule has 2 rings (SSSR count). The maximum atomic E-state index is 12.4. The van der Waals surface area contributed by atoms with Crippen LogP contribution in [0.4, 0.5) is 10.5 Å². The summed E-state index contributed by atoms with van der Waals surface area (Å²) < 4.78 is 5.17. The predicted molar refractivity (Wildman–Crippen MR) is 88.8 cm³/mol. The Kier molecular flexibility index (Phi) is 4.98. The summed E-state index contributed by atoms with van der Waals surface area (Å²) in [4.78, 5) is 25.8. The van der Waals surface area contributed by atoms with Crippen LogP contribution in [0.2, 0.25) is 0 Å². The van der Waals surface area contributed by atoms with E-state index in [1.807, 2.05) is 0 Å². The van der Waals surface area contributed by atoms with Crippen molar-refractivity contribution in [3.05, 3.63) is 29.3 Å². The van der Waals surface area contributed by atoms with Crippen LogP contribution < -0.4 is 11.1 Å². The highest BCUT2D eigenvalue weighted by molar-refractivity contribution is 5.87. The Bertz CT molecular complexity index is 688. The van der Waals surface area contributed by atoms with Crippen LogP contribution in [0.1, 0.15) is 38.3 Å². The second-order valence-electron chi connectivity index (χ2n) is 6.77. The summed E-state index contributed by atoms with van der Waals surface area (Å²) in [5.74, 6) is -0.178. The molecule has 1 saturated heterocycles. The van der Waals surface area contributed by atoms with E-state index in [0.29, 0.717) is 30.8 Å². The van der Waals surface area contributed by atoms with Crippen molar-refractivity contribution in [2.45, 2.75) is 45.4 Å². The van der Waals surface area contributed by atoms with Gasteiger partial charge in [0.2, 0.25) is 5.91 Å². The highest BCUT2D eigenvalue weighted by atomic mass is 16.6. The Hall–Kier alpha value is -2.75. The molecule has 0 aliphatic carbocycles. The van der Waals surface area contributed by atoms with E-state index >= 15 is 0 Å². The number of nitrogens with one attached hydrogen (secondary N) is 1. The van der Waals surface area contributed by atoms with Crippen molar-refractivity contribution in [3.8, 4) is 6.07 Å². The van der Waals surface area contributed by atoms with E-state index in [9.17, 15) is 9.59 Å². The zero-order valence-electron chi connectivity index (χ0n) is 14.1. The largest absolute Gasteiger partial charge is 0.444 e. The molecule has 7 nitrogen and oxygen atoms in total. The molecule has 0 spiro atoms. The maximum absolute atomic E-state index is 12.4. The fourth-order valence-electron chi connectivity index (χ4n) is 2.50. The standard InChI is InChI=1S/C17H22N4O3/c1-17(2,3)24-16(23)20-14-6-7-21(15(14)22)10-12-8-11(9-18)4-5-13(12)19/h4-5,8,14H,6-7,10,19H2,1-3H3,(H,20,23)/t14-/m0/s1. The predicted octanol–water partition coefficient (Wildman–Crippen LogP) is 1.77. The molecule has 1 atom stereocenters. The van der Waals surface area contributed by atoms with E-state index in [-0.39, 0.29) is 5.91 Å². The normalized spacial score (nSPS) is 17.5. The SMILES string of the molecule is CC(C)(C)OC(=O)N[C@H]1CCN(Cc2cc(C#N)ccc2N)C1=O. The van der Waals surface area contributed by atoms with Crippen LogP contribution in [0.3, 0.4) is 0 Å². The number of nitriles is 1. The van der Waals surface area contributed by atoms with Crippen molar-refractivity contribution in [1.29, 1.82) is 5.26 Å². The minimum Gasteiger partial charge on any atom is -0.444 e. The lowest BCUT2D eigenvalue weighted by molar-refractivity contribution is -0.129. The molecule has 1 aliphatic rings. The van der Waals surface area contributed by atoms with Gasteiger partial charge in [-0.1, -0.05) is 0 Å². The molecular weight excluding hydrogens is 308 g/mol. The molecule has 128 valence electrons. The number of hydrogen-bond acceptors (Lipinski definition) is 5. The zero-order chi connectivity index (χ0) is 17.9. The molecule has 0 bridgehead atoms. The summed E-state index contributed by atoms with van der Waals surface area (Å²) in [5, 5.41) is 11.6. The molecule has 0 saturated carbocycles. The third kappa shape index (κ3) is 4.38. The number of nitrogens with two attached hydrogens (primary N) is 1. The third-order valence-electron chi connectivity index (χ3n) is 3.62. The van der Waals surface area contributed by atoms with Gasteiger partial charge in [0.05, 0.1) is 11.6 Å². The highest BCUT2D eigenvalue weighted by Crippen LogP contribution is 2.20. The number of ether oxygens (including phenoxy) is 1. The topological polar surface area (TPSA) is 108 Å². The lowest BCUT2D eigenvalue weighted by atomic mass is 10.1. The van der Waals surface area contributed by atoms with Gasteiger partial charge in [-0.2, -0.15) is 5.26 Å². The number of carbonyl (C=O) groups is 2. The number of anilines is 1. The van der Waals surface area contributed by atoms with E-state index in [0.717, 1.165) is 5.56 Å². The Morgan fingerprint density at radius 3 is 2.83 bits per heavy atom. The van der Waals surface area contributed by atoms with E-state index < -0.39 is 17.7 Å². The fraction of sp³-hybridized carbons (Fsp3) is 0.471. The minimum absolute atomic E-state index is 0.178. The second kappa shape index (κ2) is 6.79. The quantitative estimate of drug-likeness (QED) is 0.821. The number of nitrogens with zero attached hydrogens (tertiary/aromatic N) is 2. The summed E-state index contributed by atoms with van der Waals surface area (Å²) in [5.41, 5.74) is 7.05. The number of likely N-dealkylation sites (tertiary alicyclic amines) is 1. The smallest absolute Gasteiger partial charge is 0.408 e. The monoisotopic (exact) mass is 330 g/mol. The minimum atomic E-state index is -0.613. The summed E-state index contributed by atoms with van der Waals surface area (Å²) in [6.45, 7) is 6.11. The number of alkyl carbamates (subject to hydrolysis) is 1. The molecule has 3 N–H and O–H groups in total. The first kappa shape index (κ1) is 17.6. The number of nitrogen functional groups attached to an aromatic ring is 1. The average molecular weight is 330 g/mol. The van der Waals surface area contributed by atoms with Crippen molar-refractivity contribution < 1.29 is 14.3 Å². The van der Waals surface area contributed by atoms with Crippen LogP contribution in [0.25, 0.3) is 0 Å². The van der Waals surface area contributed by atoms with Gasteiger partial charge in [-0.3, -0.25) is 4.79 Å². The molecule has 24 heavy (non-hydrogen) atoms. The molecule has 1 heterocycles. The van der Waals surface area contributed by atoms with E-state index in [1.54, 1.807) is 43.9 Å². The van der Waals surface area contributed by atoms with Crippen molar-refractivity contribution in [2.24, 2.45) is 0 Å². The van der Waals surface area contributed by atoms with Gasteiger partial charge in [0.1, 0.15) is 11.6 Å². The van der Waals surface area contributed by atoms with Crippen LogP contribution in [0.15, 0.2) is 18.2 Å². The van der Waals surface area contributed by atoms with Gasteiger partial charge in [0.15, 0.2) is 0 Å². The van der Waals surface area contributed by atoms with E-state index in [4.69, 9.17) is 15.7 Å². The number of hydrogen-bond donors (Lipinski definition) is 2. The highest BCUT2D eigenvalue weighted by Gasteiger charge is 2.34. The van der Waals surface area contributed by atoms with Crippen molar-refractivity contribution in [3.63, 3.8) is 0 Å². The van der Waals surface area contributed by atoms with Crippen molar-refractivity contribution in [1.82, 2.24) is 10.2 Å². The Balaban J connectivity index is 1.99. The van der Waals surface area contributed by atoms with Crippen LogP contribution in [0, 0.1) is 11.3 Å². The number of carbonyl (C=O) groups excluding carboxylic acids is 2. The van der Waals surface area contributed by atoms with Gasteiger partial charge >= 0.3 is 6.09 Å². The van der Waals surface area contributed by atoms with Crippen LogP contribution in [-0.4, -0.2) is 35.1 Å².